The van der Waals surface area contributed by atoms with Crippen LogP contribution in [0.2, 0.25) is 0 Å². The highest BCUT2D eigenvalue weighted by Crippen LogP contribution is 2.13. The second kappa shape index (κ2) is 12.8. The molecule has 0 saturated heterocycles. The van der Waals surface area contributed by atoms with Gasteiger partial charge in [0.1, 0.15) is 5.75 Å². The van der Waals surface area contributed by atoms with Crippen LogP contribution >= 0.6 is 24.0 Å². The van der Waals surface area contributed by atoms with Gasteiger partial charge in [0.05, 0.1) is 11.5 Å². The summed E-state index contributed by atoms with van der Waals surface area (Å²) in [6, 6.07) is 15.0. The Morgan fingerprint density at radius 3 is 2.13 bits per heavy atom. The maximum atomic E-state index is 11.5. The molecular formula is C22H32IN3O3S. The highest BCUT2D eigenvalue weighted by Gasteiger charge is 2.06. The lowest BCUT2D eigenvalue weighted by Gasteiger charge is -2.13. The molecule has 0 atom stereocenters. The van der Waals surface area contributed by atoms with Crippen molar-refractivity contribution >= 4 is 39.8 Å². The van der Waals surface area contributed by atoms with Crippen molar-refractivity contribution in [3.05, 3.63) is 59.7 Å². The summed E-state index contributed by atoms with van der Waals surface area (Å²) in [4.78, 5) is 4.58. The van der Waals surface area contributed by atoms with Crippen LogP contribution in [-0.2, 0) is 22.8 Å². The van der Waals surface area contributed by atoms with Crippen LogP contribution in [-0.4, -0.2) is 40.8 Å². The van der Waals surface area contributed by atoms with E-state index in [9.17, 15) is 8.42 Å². The molecule has 0 aromatic heterocycles. The molecule has 166 valence electrons. The first-order chi connectivity index (χ1) is 13.8. The quantitative estimate of drug-likeness (QED) is 0.286. The predicted octanol–water partition coefficient (Wildman–Crippen LogP) is 3.65. The summed E-state index contributed by atoms with van der Waals surface area (Å²) < 4.78 is 28.7. The van der Waals surface area contributed by atoms with Gasteiger partial charge >= 0.3 is 0 Å². The number of hydrogen-bond donors (Lipinski definition) is 2. The van der Waals surface area contributed by atoms with Crippen LogP contribution in [0.1, 0.15) is 25.0 Å². The van der Waals surface area contributed by atoms with Crippen LogP contribution in [0.5, 0.6) is 5.75 Å². The van der Waals surface area contributed by atoms with Crippen molar-refractivity contribution in [1.82, 2.24) is 10.6 Å². The minimum absolute atomic E-state index is 0. The summed E-state index contributed by atoms with van der Waals surface area (Å²) in [6.45, 7) is 6.32. The SMILES string of the molecule is CN=C(NCCc1ccc(S(C)(=O)=O)cc1)NCc1ccc(OCC(C)C)cc1.I. The number of ether oxygens (including phenoxy) is 1. The van der Waals surface area contributed by atoms with Crippen molar-refractivity contribution in [2.45, 2.75) is 31.7 Å². The lowest BCUT2D eigenvalue weighted by atomic mass is 10.1. The summed E-state index contributed by atoms with van der Waals surface area (Å²) in [5, 5.41) is 6.56. The van der Waals surface area contributed by atoms with E-state index in [1.807, 2.05) is 36.4 Å². The van der Waals surface area contributed by atoms with Gasteiger partial charge in [-0.15, -0.1) is 24.0 Å². The van der Waals surface area contributed by atoms with Crippen molar-refractivity contribution in [2.24, 2.45) is 10.9 Å². The summed E-state index contributed by atoms with van der Waals surface area (Å²) in [5.74, 6) is 2.10. The summed E-state index contributed by atoms with van der Waals surface area (Å²) in [5.41, 5.74) is 2.21. The average Bonchev–Trinajstić information content (AvgIpc) is 2.69. The zero-order chi connectivity index (χ0) is 21.3. The lowest BCUT2D eigenvalue weighted by molar-refractivity contribution is 0.271. The Labute approximate surface area is 197 Å². The van der Waals surface area contributed by atoms with Crippen LogP contribution in [0.25, 0.3) is 0 Å². The van der Waals surface area contributed by atoms with Crippen molar-refractivity contribution < 1.29 is 13.2 Å². The molecule has 2 rings (SSSR count). The first kappa shape index (κ1) is 26.2. The van der Waals surface area contributed by atoms with E-state index in [-0.39, 0.29) is 24.0 Å². The second-order valence-electron chi connectivity index (χ2n) is 7.37. The zero-order valence-electron chi connectivity index (χ0n) is 18.0. The largest absolute Gasteiger partial charge is 0.493 e. The molecule has 0 bridgehead atoms. The van der Waals surface area contributed by atoms with Gasteiger partial charge in [-0.2, -0.15) is 0 Å². The number of rotatable bonds is 9. The van der Waals surface area contributed by atoms with E-state index < -0.39 is 9.84 Å². The van der Waals surface area contributed by atoms with Gasteiger partial charge in [0, 0.05) is 26.4 Å². The third-order valence-corrected chi connectivity index (χ3v) is 5.38. The first-order valence-corrected chi connectivity index (χ1v) is 11.6. The van der Waals surface area contributed by atoms with Gasteiger partial charge in [-0.3, -0.25) is 4.99 Å². The van der Waals surface area contributed by atoms with Gasteiger partial charge in [0.2, 0.25) is 0 Å². The molecule has 0 amide bonds. The number of sulfone groups is 1. The average molecular weight is 545 g/mol. The Bertz CT molecular complexity index is 896. The fraction of sp³-hybridized carbons (Fsp3) is 0.409. The summed E-state index contributed by atoms with van der Waals surface area (Å²) in [6.07, 6.45) is 1.98. The van der Waals surface area contributed by atoms with Gasteiger partial charge < -0.3 is 15.4 Å². The van der Waals surface area contributed by atoms with Gasteiger partial charge in [-0.05, 0) is 47.7 Å². The molecule has 2 aromatic rings. The maximum Gasteiger partial charge on any atom is 0.191 e. The highest BCUT2D eigenvalue weighted by atomic mass is 127. The molecule has 30 heavy (non-hydrogen) atoms. The number of nitrogens with zero attached hydrogens (tertiary/aromatic N) is 1. The summed E-state index contributed by atoms with van der Waals surface area (Å²) >= 11 is 0. The minimum atomic E-state index is -3.15. The molecule has 0 fully saturated rings. The zero-order valence-corrected chi connectivity index (χ0v) is 21.2. The van der Waals surface area contributed by atoms with E-state index in [4.69, 9.17) is 4.74 Å². The highest BCUT2D eigenvalue weighted by molar-refractivity contribution is 14.0. The van der Waals surface area contributed by atoms with Crippen molar-refractivity contribution in [3.8, 4) is 5.75 Å². The van der Waals surface area contributed by atoms with E-state index in [2.05, 4.69) is 29.5 Å². The van der Waals surface area contributed by atoms with E-state index in [1.165, 1.54) is 6.26 Å². The Kier molecular flexibility index (Phi) is 11.2. The van der Waals surface area contributed by atoms with Crippen molar-refractivity contribution in [1.29, 1.82) is 0 Å². The lowest BCUT2D eigenvalue weighted by Crippen LogP contribution is -2.37. The third-order valence-electron chi connectivity index (χ3n) is 4.25. The first-order valence-electron chi connectivity index (χ1n) is 9.73. The fourth-order valence-corrected chi connectivity index (χ4v) is 3.23. The van der Waals surface area contributed by atoms with Gasteiger partial charge in [0.25, 0.3) is 0 Å². The Balaban J connectivity index is 0.00000450. The Morgan fingerprint density at radius 1 is 1.00 bits per heavy atom. The topological polar surface area (TPSA) is 79.8 Å². The van der Waals surface area contributed by atoms with Gasteiger partial charge in [-0.1, -0.05) is 38.1 Å². The number of benzene rings is 2. The number of nitrogens with one attached hydrogen (secondary N) is 2. The standard InChI is InChI=1S/C22H31N3O3S.HI/c1-17(2)16-28-20-9-5-19(6-10-20)15-25-22(23-3)24-14-13-18-7-11-21(12-8-18)29(4,26)27;/h5-12,17H,13-16H2,1-4H3,(H2,23,24,25);1H. The fourth-order valence-electron chi connectivity index (χ4n) is 2.60. The van der Waals surface area contributed by atoms with Gasteiger partial charge in [0.15, 0.2) is 15.8 Å². The van der Waals surface area contributed by atoms with Crippen LogP contribution in [0, 0.1) is 5.92 Å². The van der Waals surface area contributed by atoms with E-state index >= 15 is 0 Å². The number of guanidine groups is 1. The third kappa shape index (κ3) is 9.34. The molecule has 0 spiro atoms. The molecular weight excluding hydrogens is 513 g/mol. The van der Waals surface area contributed by atoms with E-state index in [0.29, 0.717) is 30.5 Å². The van der Waals surface area contributed by atoms with Crippen molar-refractivity contribution in [2.75, 3.05) is 26.5 Å². The van der Waals surface area contributed by atoms with E-state index in [1.54, 1.807) is 19.2 Å². The Morgan fingerprint density at radius 2 is 1.60 bits per heavy atom. The molecule has 0 saturated carbocycles. The van der Waals surface area contributed by atoms with Gasteiger partial charge in [-0.25, -0.2) is 8.42 Å². The molecule has 2 aromatic carbocycles. The minimum Gasteiger partial charge on any atom is -0.493 e. The molecule has 8 heteroatoms. The Hall–Kier alpha value is -1.81. The molecule has 0 unspecified atom stereocenters. The second-order valence-corrected chi connectivity index (χ2v) is 9.38. The molecule has 6 nitrogen and oxygen atoms in total. The van der Waals surface area contributed by atoms with Crippen molar-refractivity contribution in [3.63, 3.8) is 0 Å². The van der Waals surface area contributed by atoms with Crippen LogP contribution in [0.4, 0.5) is 0 Å². The monoisotopic (exact) mass is 545 g/mol. The van der Waals surface area contributed by atoms with Crippen LogP contribution < -0.4 is 15.4 Å². The number of halogens is 1. The molecule has 0 aliphatic carbocycles. The summed E-state index contributed by atoms with van der Waals surface area (Å²) in [7, 11) is -1.42. The molecule has 0 aliphatic heterocycles. The smallest absolute Gasteiger partial charge is 0.191 e. The molecule has 0 radical (unpaired) electrons. The van der Waals surface area contributed by atoms with E-state index in [0.717, 1.165) is 29.3 Å². The number of aliphatic imine (C=N–C) groups is 1. The molecule has 0 heterocycles. The molecule has 0 aliphatic rings. The molecule has 2 N–H and O–H groups in total. The maximum absolute atomic E-state index is 11.5. The predicted molar refractivity (Wildman–Crippen MR) is 134 cm³/mol. The van der Waals surface area contributed by atoms with Crippen LogP contribution in [0.3, 0.4) is 0 Å². The van der Waals surface area contributed by atoms with Crippen LogP contribution in [0.15, 0.2) is 58.4 Å². The normalized spacial score (nSPS) is 11.7. The number of hydrogen-bond acceptors (Lipinski definition) is 4.